The molecule has 0 saturated carbocycles. The van der Waals surface area contributed by atoms with Crippen LogP contribution in [0.4, 0.5) is 5.69 Å². The first-order valence-electron chi connectivity index (χ1n) is 3.49. The van der Waals surface area contributed by atoms with Crippen molar-refractivity contribution in [3.63, 3.8) is 0 Å². The largest absolute Gasteiger partial charge is 0.387 e. The lowest BCUT2D eigenvalue weighted by Crippen LogP contribution is -1.94. The van der Waals surface area contributed by atoms with Gasteiger partial charge in [-0.05, 0) is 18.1 Å². The smallest absolute Gasteiger partial charge is 0.0556 e. The molecule has 0 aliphatic heterocycles. The van der Waals surface area contributed by atoms with E-state index in [-0.39, 0.29) is 0 Å². The summed E-state index contributed by atoms with van der Waals surface area (Å²) < 4.78 is 0. The van der Waals surface area contributed by atoms with Crippen molar-refractivity contribution in [2.45, 2.75) is 13.3 Å². The van der Waals surface area contributed by atoms with Crippen molar-refractivity contribution in [2.24, 2.45) is 0 Å². The van der Waals surface area contributed by atoms with Crippen molar-refractivity contribution in [1.29, 1.82) is 0 Å². The van der Waals surface area contributed by atoms with Crippen LogP contribution in [0.15, 0.2) is 18.5 Å². The van der Waals surface area contributed by atoms with Crippen molar-refractivity contribution in [2.75, 3.05) is 12.4 Å². The predicted octanol–water partition coefficient (Wildman–Crippen LogP) is 1.69. The topological polar surface area (TPSA) is 24.9 Å². The van der Waals surface area contributed by atoms with E-state index in [0.717, 1.165) is 12.1 Å². The van der Waals surface area contributed by atoms with Crippen molar-refractivity contribution >= 4 is 5.69 Å². The Balaban J connectivity index is 2.96. The van der Waals surface area contributed by atoms with Gasteiger partial charge in [-0.3, -0.25) is 4.98 Å². The first-order valence-corrected chi connectivity index (χ1v) is 3.49. The lowest BCUT2D eigenvalue weighted by atomic mass is 10.2. The fourth-order valence-electron chi connectivity index (χ4n) is 0.957. The minimum Gasteiger partial charge on any atom is -0.387 e. The van der Waals surface area contributed by atoms with Gasteiger partial charge in [0.2, 0.25) is 0 Å². The van der Waals surface area contributed by atoms with Crippen LogP contribution in [-0.2, 0) is 6.42 Å². The maximum absolute atomic E-state index is 4.00. The highest BCUT2D eigenvalue weighted by molar-refractivity contribution is 5.47. The molecule has 0 saturated heterocycles. The molecule has 0 bridgehead atoms. The van der Waals surface area contributed by atoms with Crippen LogP contribution in [0.1, 0.15) is 12.5 Å². The molecule has 0 aromatic carbocycles. The van der Waals surface area contributed by atoms with Crippen LogP contribution in [0.3, 0.4) is 0 Å². The van der Waals surface area contributed by atoms with E-state index >= 15 is 0 Å². The van der Waals surface area contributed by atoms with Gasteiger partial charge in [0.15, 0.2) is 0 Å². The van der Waals surface area contributed by atoms with E-state index in [4.69, 9.17) is 0 Å². The van der Waals surface area contributed by atoms with Gasteiger partial charge in [-0.1, -0.05) is 6.92 Å². The molecule has 1 aromatic rings. The summed E-state index contributed by atoms with van der Waals surface area (Å²) in [7, 11) is 1.91. The fourth-order valence-corrected chi connectivity index (χ4v) is 0.957. The van der Waals surface area contributed by atoms with Gasteiger partial charge in [0.05, 0.1) is 11.9 Å². The molecule has 0 atom stereocenters. The number of aryl methyl sites for hydroxylation is 1. The molecule has 1 N–H and O–H groups in total. The molecule has 1 aromatic heterocycles. The third kappa shape index (κ3) is 1.26. The van der Waals surface area contributed by atoms with Crippen molar-refractivity contribution in [3.05, 3.63) is 24.0 Å². The van der Waals surface area contributed by atoms with E-state index in [9.17, 15) is 0 Å². The first-order chi connectivity index (χ1) is 4.88. The van der Waals surface area contributed by atoms with Crippen LogP contribution in [0.5, 0.6) is 0 Å². The van der Waals surface area contributed by atoms with E-state index < -0.39 is 0 Å². The van der Waals surface area contributed by atoms with Gasteiger partial charge in [0.25, 0.3) is 0 Å². The van der Waals surface area contributed by atoms with Crippen LogP contribution >= 0.6 is 0 Å². The van der Waals surface area contributed by atoms with E-state index in [1.165, 1.54) is 5.56 Å². The second-order valence-corrected chi connectivity index (χ2v) is 2.14. The number of hydrogen-bond donors (Lipinski definition) is 1. The van der Waals surface area contributed by atoms with E-state index in [1.54, 1.807) is 0 Å². The third-order valence-electron chi connectivity index (χ3n) is 1.56. The quantitative estimate of drug-likeness (QED) is 0.669. The highest BCUT2D eigenvalue weighted by atomic mass is 14.8. The summed E-state index contributed by atoms with van der Waals surface area (Å²) >= 11 is 0. The molecule has 54 valence electrons. The standard InChI is InChI=1S/C8H12N2/c1-3-7-4-5-10-6-8(7)9-2/h4-6,9H,3H2,1-2H3. The molecule has 1 rings (SSSR count). The van der Waals surface area contributed by atoms with Gasteiger partial charge in [-0.2, -0.15) is 0 Å². The first kappa shape index (κ1) is 7.06. The van der Waals surface area contributed by atoms with Crippen molar-refractivity contribution in [1.82, 2.24) is 4.98 Å². The maximum atomic E-state index is 4.00. The van der Waals surface area contributed by atoms with E-state index in [2.05, 4.69) is 17.2 Å². The Morgan fingerprint density at radius 3 is 2.90 bits per heavy atom. The Morgan fingerprint density at radius 1 is 1.60 bits per heavy atom. The summed E-state index contributed by atoms with van der Waals surface area (Å²) in [5.41, 5.74) is 2.45. The molecule has 2 heteroatoms. The number of nitrogens with zero attached hydrogens (tertiary/aromatic N) is 1. The molecule has 10 heavy (non-hydrogen) atoms. The average Bonchev–Trinajstić information content (AvgIpc) is 2.04. The molecule has 0 amide bonds. The van der Waals surface area contributed by atoms with Gasteiger partial charge in [-0.15, -0.1) is 0 Å². The molecule has 0 fully saturated rings. The van der Waals surface area contributed by atoms with E-state index in [0.29, 0.717) is 0 Å². The highest BCUT2D eigenvalue weighted by Gasteiger charge is 1.94. The lowest BCUT2D eigenvalue weighted by Gasteiger charge is -2.03. The Labute approximate surface area is 61.3 Å². The minimum atomic E-state index is 1.05. The van der Waals surface area contributed by atoms with Crippen LogP contribution in [0.25, 0.3) is 0 Å². The van der Waals surface area contributed by atoms with Gasteiger partial charge >= 0.3 is 0 Å². The number of anilines is 1. The van der Waals surface area contributed by atoms with Gasteiger partial charge < -0.3 is 5.32 Å². The number of aromatic nitrogens is 1. The molecule has 2 nitrogen and oxygen atoms in total. The zero-order valence-electron chi connectivity index (χ0n) is 6.39. The third-order valence-corrected chi connectivity index (χ3v) is 1.56. The summed E-state index contributed by atoms with van der Waals surface area (Å²) in [5, 5.41) is 3.08. The summed E-state index contributed by atoms with van der Waals surface area (Å²) in [6.07, 6.45) is 4.72. The van der Waals surface area contributed by atoms with Crippen LogP contribution in [0, 0.1) is 0 Å². The zero-order chi connectivity index (χ0) is 7.40. The van der Waals surface area contributed by atoms with Gasteiger partial charge in [0, 0.05) is 13.2 Å². The normalized spacial score (nSPS) is 9.40. The maximum Gasteiger partial charge on any atom is 0.0556 e. The molecule has 0 spiro atoms. The number of nitrogens with one attached hydrogen (secondary N) is 1. The van der Waals surface area contributed by atoms with Crippen LogP contribution in [0.2, 0.25) is 0 Å². The number of rotatable bonds is 2. The highest BCUT2D eigenvalue weighted by Crippen LogP contribution is 2.11. The number of pyridine rings is 1. The summed E-state index contributed by atoms with van der Waals surface area (Å²) in [5.74, 6) is 0. The Morgan fingerprint density at radius 2 is 2.40 bits per heavy atom. The minimum absolute atomic E-state index is 1.05. The SMILES string of the molecule is CCc1ccncc1NC. The van der Waals surface area contributed by atoms with Gasteiger partial charge in [0.1, 0.15) is 0 Å². The zero-order valence-corrected chi connectivity index (χ0v) is 6.39. The Bertz CT molecular complexity index is 185. The predicted molar refractivity (Wildman–Crippen MR) is 43.2 cm³/mol. The lowest BCUT2D eigenvalue weighted by molar-refractivity contribution is 1.12. The van der Waals surface area contributed by atoms with Gasteiger partial charge in [-0.25, -0.2) is 0 Å². The molecule has 0 unspecified atom stereocenters. The molecule has 1 heterocycles. The molecule has 0 radical (unpaired) electrons. The van der Waals surface area contributed by atoms with Crippen LogP contribution < -0.4 is 5.32 Å². The summed E-state index contributed by atoms with van der Waals surface area (Å²) in [6, 6.07) is 2.03. The summed E-state index contributed by atoms with van der Waals surface area (Å²) in [6.45, 7) is 2.14. The number of hydrogen-bond acceptors (Lipinski definition) is 2. The monoisotopic (exact) mass is 136 g/mol. The Kier molecular flexibility index (Phi) is 2.26. The second kappa shape index (κ2) is 3.20. The van der Waals surface area contributed by atoms with E-state index in [1.807, 2.05) is 25.5 Å². The average molecular weight is 136 g/mol. The molecule has 0 aliphatic carbocycles. The van der Waals surface area contributed by atoms with Crippen LogP contribution in [-0.4, -0.2) is 12.0 Å². The Hall–Kier alpha value is -1.05. The van der Waals surface area contributed by atoms with Crippen molar-refractivity contribution < 1.29 is 0 Å². The molecular weight excluding hydrogens is 124 g/mol. The fraction of sp³-hybridized carbons (Fsp3) is 0.375. The van der Waals surface area contributed by atoms with Crippen molar-refractivity contribution in [3.8, 4) is 0 Å². The molecular formula is C8H12N2. The summed E-state index contributed by atoms with van der Waals surface area (Å²) in [4.78, 5) is 4.00. The second-order valence-electron chi connectivity index (χ2n) is 2.14. The molecule has 0 aliphatic rings.